The van der Waals surface area contributed by atoms with E-state index in [2.05, 4.69) is 94.4 Å². The first-order valence-electron chi connectivity index (χ1n) is 10.1. The van der Waals surface area contributed by atoms with E-state index >= 15 is 0 Å². The quantitative estimate of drug-likeness (QED) is 0.346. The summed E-state index contributed by atoms with van der Waals surface area (Å²) in [6.45, 7) is 8.30. The summed E-state index contributed by atoms with van der Waals surface area (Å²) in [6, 6.07) is 25.3. The number of hydrogen-bond donors (Lipinski definition) is 0. The van der Waals surface area contributed by atoms with Gasteiger partial charge in [-0.05, 0) is 67.7 Å². The minimum atomic E-state index is -0.371. The van der Waals surface area contributed by atoms with Crippen LogP contribution in [0.5, 0.6) is 0 Å². The molecule has 1 aliphatic heterocycles. The molecule has 1 saturated heterocycles. The van der Waals surface area contributed by atoms with Gasteiger partial charge in [-0.25, -0.2) is 4.98 Å². The Morgan fingerprint density at radius 2 is 1.38 bits per heavy atom. The zero-order valence-corrected chi connectivity index (χ0v) is 17.3. The number of pyridine rings is 1. The van der Waals surface area contributed by atoms with Crippen molar-refractivity contribution in [1.29, 1.82) is 0 Å². The van der Waals surface area contributed by atoms with Crippen molar-refractivity contribution in [3.8, 4) is 11.3 Å². The number of nitrogens with zero attached hydrogens (tertiary/aromatic N) is 1. The summed E-state index contributed by atoms with van der Waals surface area (Å²) >= 11 is 0. The molecule has 0 spiro atoms. The topological polar surface area (TPSA) is 31.4 Å². The fourth-order valence-corrected chi connectivity index (χ4v) is 3.80. The molecule has 3 aromatic carbocycles. The van der Waals surface area contributed by atoms with Gasteiger partial charge in [-0.1, -0.05) is 54.6 Å². The number of fused-ring (bicyclic) bond motifs is 2. The van der Waals surface area contributed by atoms with Gasteiger partial charge in [0.2, 0.25) is 0 Å². The maximum Gasteiger partial charge on any atom is 0.494 e. The minimum Gasteiger partial charge on any atom is -0.399 e. The monoisotopic (exact) mass is 381 g/mol. The van der Waals surface area contributed by atoms with Gasteiger partial charge < -0.3 is 9.31 Å². The summed E-state index contributed by atoms with van der Waals surface area (Å²) in [4.78, 5) is 4.94. The van der Waals surface area contributed by atoms with Crippen molar-refractivity contribution >= 4 is 34.3 Å². The van der Waals surface area contributed by atoms with Gasteiger partial charge in [0.1, 0.15) is 0 Å². The summed E-state index contributed by atoms with van der Waals surface area (Å²) in [7, 11) is -0.371. The second-order valence-electron chi connectivity index (χ2n) is 8.80. The molecule has 1 aromatic heterocycles. The van der Waals surface area contributed by atoms with E-state index in [9.17, 15) is 0 Å². The first-order valence-corrected chi connectivity index (χ1v) is 10.1. The third-order valence-corrected chi connectivity index (χ3v) is 6.26. The van der Waals surface area contributed by atoms with E-state index < -0.39 is 0 Å². The number of rotatable bonds is 2. The second kappa shape index (κ2) is 6.41. The highest BCUT2D eigenvalue weighted by Gasteiger charge is 2.51. The lowest BCUT2D eigenvalue weighted by atomic mass is 9.78. The maximum absolute atomic E-state index is 6.22. The van der Waals surface area contributed by atoms with Gasteiger partial charge in [0.05, 0.1) is 22.4 Å². The van der Waals surface area contributed by atoms with Crippen LogP contribution >= 0.6 is 0 Å². The fraction of sp³-hybridized carbons (Fsp3) is 0.240. The summed E-state index contributed by atoms with van der Waals surface area (Å²) in [5, 5.41) is 3.59. The zero-order valence-electron chi connectivity index (χ0n) is 17.3. The van der Waals surface area contributed by atoms with Crippen LogP contribution in [0.2, 0.25) is 0 Å². The summed E-state index contributed by atoms with van der Waals surface area (Å²) in [6.07, 6.45) is 0. The van der Waals surface area contributed by atoms with Crippen molar-refractivity contribution in [3.05, 3.63) is 72.8 Å². The van der Waals surface area contributed by atoms with E-state index in [1.807, 2.05) is 6.07 Å². The van der Waals surface area contributed by atoms with Crippen LogP contribution in [0, 0.1) is 0 Å². The van der Waals surface area contributed by atoms with Gasteiger partial charge in [-0.15, -0.1) is 0 Å². The van der Waals surface area contributed by atoms with Crippen LogP contribution in [0.3, 0.4) is 0 Å². The summed E-state index contributed by atoms with van der Waals surface area (Å²) in [5.41, 5.74) is 3.33. The van der Waals surface area contributed by atoms with Gasteiger partial charge in [0, 0.05) is 5.39 Å². The highest BCUT2D eigenvalue weighted by atomic mass is 16.7. The second-order valence-corrected chi connectivity index (χ2v) is 8.80. The molecule has 1 fully saturated rings. The molecule has 0 radical (unpaired) electrons. The van der Waals surface area contributed by atoms with Gasteiger partial charge in [0.15, 0.2) is 0 Å². The van der Waals surface area contributed by atoms with E-state index in [1.54, 1.807) is 0 Å². The van der Waals surface area contributed by atoms with Crippen LogP contribution in [0.4, 0.5) is 0 Å². The Kier molecular flexibility index (Phi) is 4.06. The lowest BCUT2D eigenvalue weighted by Gasteiger charge is -2.32. The molecule has 5 rings (SSSR count). The molecule has 144 valence electrons. The average Bonchev–Trinajstić information content (AvgIpc) is 2.93. The van der Waals surface area contributed by atoms with Crippen LogP contribution in [0.25, 0.3) is 32.9 Å². The first-order chi connectivity index (χ1) is 13.8. The predicted octanol–water partition coefficient (Wildman–Crippen LogP) is 5.35. The van der Waals surface area contributed by atoms with Gasteiger partial charge in [0.25, 0.3) is 0 Å². The van der Waals surface area contributed by atoms with E-state index in [0.717, 1.165) is 27.6 Å². The third kappa shape index (κ3) is 3.13. The molecule has 0 N–H and O–H groups in total. The number of benzene rings is 3. The van der Waals surface area contributed by atoms with Crippen molar-refractivity contribution in [1.82, 2.24) is 4.98 Å². The maximum atomic E-state index is 6.22. The van der Waals surface area contributed by atoms with E-state index in [0.29, 0.717) is 0 Å². The summed E-state index contributed by atoms with van der Waals surface area (Å²) in [5.74, 6) is 0. The standard InChI is InChI=1S/C25H24BNO2/c1-24(2)25(3,4)29-26(28-24)21-11-7-10-19(15-21)22-13-12-20-14-17-8-5-6-9-18(17)16-23(20)27-22/h5-16H,1-4H3. The highest BCUT2D eigenvalue weighted by Crippen LogP contribution is 2.36. The lowest BCUT2D eigenvalue weighted by Crippen LogP contribution is -2.41. The Morgan fingerprint density at radius 3 is 2.10 bits per heavy atom. The largest absolute Gasteiger partial charge is 0.494 e. The van der Waals surface area contributed by atoms with Crippen LogP contribution < -0.4 is 5.46 Å². The predicted molar refractivity (Wildman–Crippen MR) is 120 cm³/mol. The molecule has 3 nitrogen and oxygen atoms in total. The lowest BCUT2D eigenvalue weighted by molar-refractivity contribution is 0.00578. The van der Waals surface area contributed by atoms with Gasteiger partial charge >= 0.3 is 7.12 Å². The molecule has 4 heteroatoms. The van der Waals surface area contributed by atoms with Crippen molar-refractivity contribution < 1.29 is 9.31 Å². The van der Waals surface area contributed by atoms with E-state index in [4.69, 9.17) is 14.3 Å². The molecule has 29 heavy (non-hydrogen) atoms. The molecule has 0 atom stereocenters. The Labute approximate surface area is 171 Å². The molecule has 0 unspecified atom stereocenters. The van der Waals surface area contributed by atoms with Crippen molar-refractivity contribution in [2.45, 2.75) is 38.9 Å². The van der Waals surface area contributed by atoms with E-state index in [1.165, 1.54) is 10.8 Å². The molecular formula is C25H24BNO2. The van der Waals surface area contributed by atoms with Crippen LogP contribution in [0.1, 0.15) is 27.7 Å². The normalized spacial score (nSPS) is 17.9. The van der Waals surface area contributed by atoms with Crippen molar-refractivity contribution in [3.63, 3.8) is 0 Å². The molecule has 0 saturated carbocycles. The molecule has 0 amide bonds. The number of hydrogen-bond acceptors (Lipinski definition) is 3. The molecular weight excluding hydrogens is 357 g/mol. The smallest absolute Gasteiger partial charge is 0.399 e. The molecule has 0 aliphatic carbocycles. The number of aromatic nitrogens is 1. The molecule has 1 aliphatic rings. The minimum absolute atomic E-state index is 0.351. The molecule has 2 heterocycles. The Hall–Kier alpha value is -2.69. The Bertz CT molecular complexity index is 1220. The molecule has 0 bridgehead atoms. The van der Waals surface area contributed by atoms with E-state index in [-0.39, 0.29) is 18.3 Å². The average molecular weight is 381 g/mol. The zero-order chi connectivity index (χ0) is 20.2. The van der Waals surface area contributed by atoms with Gasteiger partial charge in [-0.3, -0.25) is 0 Å². The van der Waals surface area contributed by atoms with Crippen LogP contribution in [-0.2, 0) is 9.31 Å². The van der Waals surface area contributed by atoms with Crippen LogP contribution in [0.15, 0.2) is 72.8 Å². The van der Waals surface area contributed by atoms with Gasteiger partial charge in [-0.2, -0.15) is 0 Å². The van der Waals surface area contributed by atoms with Crippen molar-refractivity contribution in [2.24, 2.45) is 0 Å². The first kappa shape index (κ1) is 18.4. The van der Waals surface area contributed by atoms with Crippen LogP contribution in [-0.4, -0.2) is 23.3 Å². The Balaban J connectivity index is 1.54. The summed E-state index contributed by atoms with van der Waals surface area (Å²) < 4.78 is 12.4. The SMILES string of the molecule is CC1(C)OB(c2cccc(-c3ccc4cc5ccccc5cc4n3)c2)OC1(C)C. The molecule has 4 aromatic rings. The highest BCUT2D eigenvalue weighted by molar-refractivity contribution is 6.62. The Morgan fingerprint density at radius 1 is 0.690 bits per heavy atom. The van der Waals surface area contributed by atoms with Crippen molar-refractivity contribution in [2.75, 3.05) is 0 Å². The third-order valence-electron chi connectivity index (χ3n) is 6.26. The fourth-order valence-electron chi connectivity index (χ4n) is 3.80.